The molecule has 0 aliphatic carbocycles. The summed E-state index contributed by atoms with van der Waals surface area (Å²) in [5.74, 6) is 0. The van der Waals surface area contributed by atoms with Gasteiger partial charge in [0.25, 0.3) is 0 Å². The predicted molar refractivity (Wildman–Crippen MR) is 211 cm³/mol. The van der Waals surface area contributed by atoms with Crippen LogP contribution < -0.4 is 0 Å². The van der Waals surface area contributed by atoms with Crippen molar-refractivity contribution >= 4 is 85.9 Å². The minimum absolute atomic E-state index is 1.18. The molecule has 0 N–H and O–H groups in total. The second-order valence-corrected chi connectivity index (χ2v) is 14.1. The normalized spacial score (nSPS) is 12.1. The van der Waals surface area contributed by atoms with Crippen LogP contribution in [0.1, 0.15) is 0 Å². The highest BCUT2D eigenvalue weighted by Gasteiger charge is 2.18. The van der Waals surface area contributed by atoms with Crippen LogP contribution in [0.15, 0.2) is 170 Å². The van der Waals surface area contributed by atoms with E-state index in [-0.39, 0.29) is 0 Å². The van der Waals surface area contributed by atoms with Crippen LogP contribution in [0.5, 0.6) is 0 Å². The molecule has 0 bridgehead atoms. The van der Waals surface area contributed by atoms with Crippen LogP contribution in [-0.2, 0) is 0 Å². The lowest BCUT2D eigenvalue weighted by atomic mass is 10.00. The third-order valence-electron chi connectivity index (χ3n) is 10.3. The molecule has 228 valence electrons. The molecule has 0 saturated carbocycles. The van der Waals surface area contributed by atoms with Gasteiger partial charge in [0.2, 0.25) is 0 Å². The zero-order valence-electron chi connectivity index (χ0n) is 26.5. The van der Waals surface area contributed by atoms with E-state index in [2.05, 4.69) is 179 Å². The first-order valence-electron chi connectivity index (χ1n) is 16.8. The van der Waals surface area contributed by atoms with Crippen molar-refractivity contribution in [3.05, 3.63) is 170 Å². The third kappa shape index (κ3) is 3.94. The van der Waals surface area contributed by atoms with Crippen LogP contribution in [0.25, 0.3) is 97.1 Å². The molecule has 0 aliphatic rings. The van der Waals surface area contributed by atoms with Crippen LogP contribution in [0.2, 0.25) is 0 Å². The minimum atomic E-state index is 1.18. The molecule has 0 atom stereocenters. The number of hydrogen-bond donors (Lipinski definition) is 0. The van der Waals surface area contributed by atoms with Crippen molar-refractivity contribution in [2.75, 3.05) is 0 Å². The molecule has 3 heterocycles. The van der Waals surface area contributed by atoms with Crippen molar-refractivity contribution in [3.8, 4) is 22.5 Å². The van der Waals surface area contributed by atoms with Crippen LogP contribution >= 0.6 is 11.3 Å². The lowest BCUT2D eigenvalue weighted by Crippen LogP contribution is -1.94. The summed E-state index contributed by atoms with van der Waals surface area (Å²) in [4.78, 5) is 0. The maximum absolute atomic E-state index is 2.46. The zero-order chi connectivity index (χ0) is 32.1. The molecule has 0 radical (unpaired) electrons. The fourth-order valence-corrected chi connectivity index (χ4v) is 9.14. The van der Waals surface area contributed by atoms with E-state index in [0.29, 0.717) is 0 Å². The summed E-state index contributed by atoms with van der Waals surface area (Å²) >= 11 is 1.88. The largest absolute Gasteiger partial charge is 0.309 e. The third-order valence-corrected chi connectivity index (χ3v) is 11.4. The molecule has 11 aromatic rings. The summed E-state index contributed by atoms with van der Waals surface area (Å²) in [6.45, 7) is 0. The minimum Gasteiger partial charge on any atom is -0.309 e. The molecular weight excluding hydrogens is 613 g/mol. The Bertz CT molecular complexity index is 3100. The number of thiophene rings is 1. The van der Waals surface area contributed by atoms with Crippen molar-refractivity contribution in [2.24, 2.45) is 0 Å². The molecule has 0 amide bonds. The molecule has 0 spiro atoms. The van der Waals surface area contributed by atoms with Crippen LogP contribution in [0.4, 0.5) is 0 Å². The van der Waals surface area contributed by atoms with Gasteiger partial charge >= 0.3 is 0 Å². The predicted octanol–water partition coefficient (Wildman–Crippen LogP) is 13.1. The summed E-state index contributed by atoms with van der Waals surface area (Å²) in [5, 5.41) is 10.2. The van der Waals surface area contributed by atoms with E-state index < -0.39 is 0 Å². The average Bonchev–Trinajstić information content (AvgIpc) is 3.80. The maximum atomic E-state index is 2.46. The first-order chi connectivity index (χ1) is 24.3. The Balaban J connectivity index is 1.18. The SMILES string of the molecule is c1ccc(-n2c3ccccc3c3cc(-c4ccc5c(c4)c4cc6c(cc4n5-c4ccc5ccccc5c4)sc4ccccc46)ccc32)cc1. The summed E-state index contributed by atoms with van der Waals surface area (Å²) in [5.41, 5.74) is 9.70. The van der Waals surface area contributed by atoms with Crippen molar-refractivity contribution in [1.29, 1.82) is 0 Å². The van der Waals surface area contributed by atoms with Gasteiger partial charge in [0.05, 0.1) is 22.1 Å². The van der Waals surface area contributed by atoms with Gasteiger partial charge in [-0.2, -0.15) is 0 Å². The Labute approximate surface area is 286 Å². The summed E-state index contributed by atoms with van der Waals surface area (Å²) in [6, 6.07) is 62.5. The molecule has 11 rings (SSSR count). The summed E-state index contributed by atoms with van der Waals surface area (Å²) in [6.07, 6.45) is 0. The molecule has 0 fully saturated rings. The highest BCUT2D eigenvalue weighted by Crippen LogP contribution is 2.42. The van der Waals surface area contributed by atoms with Crippen molar-refractivity contribution in [1.82, 2.24) is 9.13 Å². The van der Waals surface area contributed by atoms with E-state index in [0.717, 1.165) is 0 Å². The molecule has 0 unspecified atom stereocenters. The van der Waals surface area contributed by atoms with Crippen molar-refractivity contribution < 1.29 is 0 Å². The molecule has 3 aromatic heterocycles. The first-order valence-corrected chi connectivity index (χ1v) is 17.6. The van der Waals surface area contributed by atoms with Gasteiger partial charge in [-0.15, -0.1) is 11.3 Å². The Morgan fingerprint density at radius 2 is 0.918 bits per heavy atom. The Hall–Kier alpha value is -6.16. The fourth-order valence-electron chi connectivity index (χ4n) is 8.02. The number of nitrogens with zero attached hydrogens (tertiary/aromatic N) is 2. The second-order valence-electron chi connectivity index (χ2n) is 13.0. The zero-order valence-corrected chi connectivity index (χ0v) is 27.3. The van der Waals surface area contributed by atoms with E-state index in [4.69, 9.17) is 0 Å². The van der Waals surface area contributed by atoms with Gasteiger partial charge in [-0.05, 0) is 94.7 Å². The molecule has 8 aromatic carbocycles. The number of rotatable bonds is 3. The van der Waals surface area contributed by atoms with E-state index in [9.17, 15) is 0 Å². The second kappa shape index (κ2) is 10.2. The molecule has 49 heavy (non-hydrogen) atoms. The Kier molecular flexibility index (Phi) is 5.57. The molecular formula is C46H28N2S. The van der Waals surface area contributed by atoms with Gasteiger partial charge in [0, 0.05) is 53.1 Å². The van der Waals surface area contributed by atoms with Gasteiger partial charge in [-0.3, -0.25) is 0 Å². The maximum Gasteiger partial charge on any atom is 0.0555 e. The Morgan fingerprint density at radius 1 is 0.306 bits per heavy atom. The molecule has 2 nitrogen and oxygen atoms in total. The van der Waals surface area contributed by atoms with Crippen LogP contribution in [0, 0.1) is 0 Å². The molecule has 3 heteroatoms. The highest BCUT2D eigenvalue weighted by molar-refractivity contribution is 7.25. The van der Waals surface area contributed by atoms with Gasteiger partial charge in [0.1, 0.15) is 0 Å². The van der Waals surface area contributed by atoms with E-state index in [1.807, 2.05) is 11.3 Å². The average molecular weight is 641 g/mol. The van der Waals surface area contributed by atoms with Gasteiger partial charge < -0.3 is 9.13 Å². The number of fused-ring (bicyclic) bond motifs is 10. The van der Waals surface area contributed by atoms with Gasteiger partial charge in [-0.1, -0.05) is 97.1 Å². The lowest BCUT2D eigenvalue weighted by molar-refractivity contribution is 1.18. The quantitative estimate of drug-likeness (QED) is 0.182. The number of para-hydroxylation sites is 2. The molecule has 0 saturated heterocycles. The highest BCUT2D eigenvalue weighted by atomic mass is 32.1. The van der Waals surface area contributed by atoms with Crippen LogP contribution in [0.3, 0.4) is 0 Å². The van der Waals surface area contributed by atoms with Crippen molar-refractivity contribution in [3.63, 3.8) is 0 Å². The first kappa shape index (κ1) is 26.9. The number of benzene rings is 8. The monoisotopic (exact) mass is 640 g/mol. The summed E-state index contributed by atoms with van der Waals surface area (Å²) in [7, 11) is 0. The Morgan fingerprint density at radius 3 is 1.73 bits per heavy atom. The van der Waals surface area contributed by atoms with E-state index in [1.54, 1.807) is 0 Å². The fraction of sp³-hybridized carbons (Fsp3) is 0. The molecule has 0 aliphatic heterocycles. The van der Waals surface area contributed by atoms with E-state index >= 15 is 0 Å². The van der Waals surface area contributed by atoms with Crippen LogP contribution in [-0.4, -0.2) is 9.13 Å². The van der Waals surface area contributed by atoms with Crippen molar-refractivity contribution in [2.45, 2.75) is 0 Å². The number of aromatic nitrogens is 2. The number of hydrogen-bond acceptors (Lipinski definition) is 1. The summed E-state index contributed by atoms with van der Waals surface area (Å²) < 4.78 is 7.49. The van der Waals surface area contributed by atoms with Gasteiger partial charge in [-0.25, -0.2) is 0 Å². The topological polar surface area (TPSA) is 9.86 Å². The smallest absolute Gasteiger partial charge is 0.0555 e. The lowest BCUT2D eigenvalue weighted by Gasteiger charge is -2.10. The van der Waals surface area contributed by atoms with E-state index in [1.165, 1.54) is 97.1 Å². The standard InChI is InChI=1S/C46H28N2S/c1-2-12-33(13-3-1)47-41-16-8-6-14-35(41)37-25-31(19-22-42(37)47)32-20-23-43-38(26-32)39-27-40-36-15-7-9-17-45(36)49-46(40)28-44(39)48(43)34-21-18-29-10-4-5-11-30(29)24-34/h1-28H. The van der Waals surface area contributed by atoms with Gasteiger partial charge in [0.15, 0.2) is 0 Å².